The maximum atomic E-state index is 13.3. The first-order valence-electron chi connectivity index (χ1n) is 7.49. The lowest BCUT2D eigenvalue weighted by Crippen LogP contribution is -2.22. The van der Waals surface area contributed by atoms with Crippen LogP contribution < -0.4 is 10.2 Å². The fourth-order valence-electron chi connectivity index (χ4n) is 2.81. The van der Waals surface area contributed by atoms with E-state index in [1.807, 2.05) is 25.1 Å². The minimum atomic E-state index is -0.799. The van der Waals surface area contributed by atoms with Crippen molar-refractivity contribution in [2.45, 2.75) is 13.3 Å². The monoisotopic (exact) mass is 303 g/mol. The van der Waals surface area contributed by atoms with Crippen molar-refractivity contribution in [2.24, 2.45) is 5.92 Å². The molecule has 1 N–H and O–H groups in total. The summed E-state index contributed by atoms with van der Waals surface area (Å²) in [4.78, 5) is 6.51. The first-order valence-corrected chi connectivity index (χ1v) is 7.49. The van der Waals surface area contributed by atoms with E-state index in [0.29, 0.717) is 5.92 Å². The first kappa shape index (κ1) is 14.8. The van der Waals surface area contributed by atoms with Gasteiger partial charge in [-0.2, -0.15) is 0 Å². The molecule has 1 aromatic carbocycles. The van der Waals surface area contributed by atoms with Crippen LogP contribution >= 0.6 is 0 Å². The molecule has 0 radical (unpaired) electrons. The molecule has 0 saturated carbocycles. The number of hydrogen-bond donors (Lipinski definition) is 1. The van der Waals surface area contributed by atoms with Crippen molar-refractivity contribution in [3.05, 3.63) is 53.7 Å². The molecule has 1 atom stereocenters. The second-order valence-corrected chi connectivity index (χ2v) is 5.74. The molecule has 0 aliphatic carbocycles. The van der Waals surface area contributed by atoms with Gasteiger partial charge in [0.15, 0.2) is 11.6 Å². The maximum absolute atomic E-state index is 13.3. The van der Waals surface area contributed by atoms with Gasteiger partial charge < -0.3 is 10.2 Å². The third-order valence-electron chi connectivity index (χ3n) is 4.01. The number of aryl methyl sites for hydroxylation is 1. The van der Waals surface area contributed by atoms with Gasteiger partial charge in [-0.05, 0) is 43.5 Å². The molecule has 1 unspecified atom stereocenters. The molecule has 1 aromatic heterocycles. The number of halogens is 2. The lowest BCUT2D eigenvalue weighted by Gasteiger charge is -2.19. The number of pyridine rings is 1. The fraction of sp³-hybridized carbons (Fsp3) is 0.353. The Hall–Kier alpha value is -2.17. The number of rotatable bonds is 4. The smallest absolute Gasteiger partial charge is 0.160 e. The number of hydrogen-bond acceptors (Lipinski definition) is 3. The van der Waals surface area contributed by atoms with Gasteiger partial charge in [-0.25, -0.2) is 13.8 Å². The molecule has 0 spiro atoms. The van der Waals surface area contributed by atoms with E-state index >= 15 is 0 Å². The van der Waals surface area contributed by atoms with E-state index < -0.39 is 11.6 Å². The summed E-state index contributed by atoms with van der Waals surface area (Å²) >= 11 is 0. The zero-order valence-electron chi connectivity index (χ0n) is 12.5. The van der Waals surface area contributed by atoms with Gasteiger partial charge in [-0.1, -0.05) is 6.07 Å². The van der Waals surface area contributed by atoms with Crippen molar-refractivity contribution in [1.82, 2.24) is 4.98 Å². The Morgan fingerprint density at radius 1 is 1.23 bits per heavy atom. The first-order chi connectivity index (χ1) is 10.6. The molecule has 0 amide bonds. The number of benzene rings is 1. The van der Waals surface area contributed by atoms with Crippen LogP contribution in [0.2, 0.25) is 0 Å². The zero-order chi connectivity index (χ0) is 15.5. The Morgan fingerprint density at radius 2 is 2.09 bits per heavy atom. The molecular weight excluding hydrogens is 284 g/mol. The fourth-order valence-corrected chi connectivity index (χ4v) is 2.81. The predicted octanol–water partition coefficient (Wildman–Crippen LogP) is 3.61. The van der Waals surface area contributed by atoms with Crippen LogP contribution in [0.15, 0.2) is 36.4 Å². The highest BCUT2D eigenvalue weighted by molar-refractivity contribution is 5.48. The quantitative estimate of drug-likeness (QED) is 0.935. The van der Waals surface area contributed by atoms with E-state index in [4.69, 9.17) is 0 Å². The van der Waals surface area contributed by atoms with E-state index in [9.17, 15) is 8.78 Å². The molecule has 5 heteroatoms. The molecule has 116 valence electrons. The van der Waals surface area contributed by atoms with Crippen LogP contribution in [0, 0.1) is 24.5 Å². The highest BCUT2D eigenvalue weighted by Crippen LogP contribution is 2.25. The Kier molecular flexibility index (Phi) is 4.22. The Morgan fingerprint density at radius 3 is 2.86 bits per heavy atom. The molecule has 22 heavy (non-hydrogen) atoms. The van der Waals surface area contributed by atoms with Crippen molar-refractivity contribution < 1.29 is 8.78 Å². The molecule has 3 nitrogen and oxygen atoms in total. The molecular formula is C17H19F2N3. The predicted molar refractivity (Wildman–Crippen MR) is 84.1 cm³/mol. The molecule has 1 aliphatic rings. The third-order valence-corrected chi connectivity index (χ3v) is 4.01. The minimum absolute atomic E-state index is 0.468. The van der Waals surface area contributed by atoms with E-state index in [1.165, 1.54) is 12.1 Å². The van der Waals surface area contributed by atoms with Crippen LogP contribution in [-0.2, 0) is 0 Å². The van der Waals surface area contributed by atoms with Gasteiger partial charge in [-0.3, -0.25) is 0 Å². The van der Waals surface area contributed by atoms with Crippen LogP contribution in [0.25, 0.3) is 0 Å². The number of aromatic nitrogens is 1. The van der Waals surface area contributed by atoms with Crippen LogP contribution in [0.3, 0.4) is 0 Å². The summed E-state index contributed by atoms with van der Waals surface area (Å²) in [7, 11) is 0. The summed E-state index contributed by atoms with van der Waals surface area (Å²) in [6.07, 6.45) is 1.03. The van der Waals surface area contributed by atoms with Crippen molar-refractivity contribution in [3.63, 3.8) is 0 Å². The van der Waals surface area contributed by atoms with Crippen molar-refractivity contribution >= 4 is 11.5 Å². The second-order valence-electron chi connectivity index (χ2n) is 5.74. The van der Waals surface area contributed by atoms with Gasteiger partial charge in [0.05, 0.1) is 0 Å². The standard InChI is InChI=1S/C17H19F2N3/c1-12-3-2-4-17(21-12)20-10-13-7-8-22(11-13)14-5-6-15(18)16(19)9-14/h2-6,9,13H,7-8,10-11H2,1H3,(H,20,21). The van der Waals surface area contributed by atoms with Gasteiger partial charge in [0.1, 0.15) is 5.82 Å². The van der Waals surface area contributed by atoms with E-state index in [1.54, 1.807) is 6.07 Å². The topological polar surface area (TPSA) is 28.2 Å². The molecule has 3 rings (SSSR count). The second kappa shape index (κ2) is 6.30. The average Bonchev–Trinajstić information content (AvgIpc) is 2.97. The number of nitrogens with zero attached hydrogens (tertiary/aromatic N) is 2. The average molecular weight is 303 g/mol. The minimum Gasteiger partial charge on any atom is -0.371 e. The SMILES string of the molecule is Cc1cccc(NCC2CCN(c3ccc(F)c(F)c3)C2)n1. The Balaban J connectivity index is 1.57. The highest BCUT2D eigenvalue weighted by Gasteiger charge is 2.23. The van der Waals surface area contributed by atoms with E-state index in [2.05, 4.69) is 15.2 Å². The van der Waals surface area contributed by atoms with E-state index in [-0.39, 0.29) is 0 Å². The normalized spacial score (nSPS) is 17.8. The van der Waals surface area contributed by atoms with Gasteiger partial charge in [0, 0.05) is 37.1 Å². The van der Waals surface area contributed by atoms with Gasteiger partial charge in [0.2, 0.25) is 0 Å². The molecule has 0 bridgehead atoms. The number of nitrogens with one attached hydrogen (secondary N) is 1. The molecule has 2 heterocycles. The maximum Gasteiger partial charge on any atom is 0.160 e. The van der Waals surface area contributed by atoms with Gasteiger partial charge in [-0.15, -0.1) is 0 Å². The molecule has 1 fully saturated rings. The summed E-state index contributed by atoms with van der Waals surface area (Å²) < 4.78 is 26.3. The van der Waals surface area contributed by atoms with Crippen molar-refractivity contribution in [3.8, 4) is 0 Å². The zero-order valence-corrected chi connectivity index (χ0v) is 12.5. The van der Waals surface area contributed by atoms with Crippen LogP contribution in [0.4, 0.5) is 20.3 Å². The number of anilines is 2. The summed E-state index contributed by atoms with van der Waals surface area (Å²) in [6, 6.07) is 9.99. The summed E-state index contributed by atoms with van der Waals surface area (Å²) in [6.45, 7) is 4.49. The lowest BCUT2D eigenvalue weighted by atomic mass is 10.1. The molecule has 1 aliphatic heterocycles. The summed E-state index contributed by atoms with van der Waals surface area (Å²) in [5.74, 6) is -0.239. The van der Waals surface area contributed by atoms with Gasteiger partial charge in [0.25, 0.3) is 0 Å². The Bertz CT molecular complexity index is 660. The Labute approximate surface area is 129 Å². The molecule has 1 saturated heterocycles. The van der Waals surface area contributed by atoms with Crippen LogP contribution in [0.5, 0.6) is 0 Å². The van der Waals surface area contributed by atoms with Gasteiger partial charge >= 0.3 is 0 Å². The lowest BCUT2D eigenvalue weighted by molar-refractivity contribution is 0.508. The largest absolute Gasteiger partial charge is 0.371 e. The van der Waals surface area contributed by atoms with Crippen LogP contribution in [0.1, 0.15) is 12.1 Å². The third kappa shape index (κ3) is 3.35. The highest BCUT2D eigenvalue weighted by atomic mass is 19.2. The van der Waals surface area contributed by atoms with Crippen molar-refractivity contribution in [1.29, 1.82) is 0 Å². The summed E-state index contributed by atoms with van der Waals surface area (Å²) in [5, 5.41) is 3.35. The van der Waals surface area contributed by atoms with E-state index in [0.717, 1.165) is 43.3 Å². The van der Waals surface area contributed by atoms with Crippen molar-refractivity contribution in [2.75, 3.05) is 29.9 Å². The summed E-state index contributed by atoms with van der Waals surface area (Å²) in [5.41, 5.74) is 1.73. The van der Waals surface area contributed by atoms with Crippen LogP contribution in [-0.4, -0.2) is 24.6 Å². The molecule has 2 aromatic rings.